The summed E-state index contributed by atoms with van der Waals surface area (Å²) in [6.45, 7) is 0.575. The van der Waals surface area contributed by atoms with Gasteiger partial charge in [0.15, 0.2) is 5.96 Å². The zero-order chi connectivity index (χ0) is 33.3. The number of hydrogen-bond donors (Lipinski definition) is 2. The Morgan fingerprint density at radius 1 is 0.978 bits per heavy atom. The van der Waals surface area contributed by atoms with E-state index in [0.29, 0.717) is 13.1 Å². The van der Waals surface area contributed by atoms with Crippen molar-refractivity contribution < 1.29 is 40.3 Å². The fraction of sp³-hybridized carbons (Fsp3) is 0.355. The Labute approximate surface area is 259 Å². The molecule has 244 valence electrons. The molecule has 3 aromatic rings. The molecule has 1 aromatic heterocycles. The predicted molar refractivity (Wildman–Crippen MR) is 153 cm³/mol. The van der Waals surface area contributed by atoms with E-state index in [2.05, 4.69) is 10.3 Å². The lowest BCUT2D eigenvalue weighted by Gasteiger charge is -2.36. The third kappa shape index (κ3) is 6.92. The van der Waals surface area contributed by atoms with Crippen LogP contribution in [-0.2, 0) is 23.1 Å². The minimum atomic E-state index is -4.87. The van der Waals surface area contributed by atoms with Gasteiger partial charge in [0.1, 0.15) is 11.4 Å². The van der Waals surface area contributed by atoms with Crippen molar-refractivity contribution in [2.75, 3.05) is 31.1 Å². The lowest BCUT2D eigenvalue weighted by molar-refractivity contribution is -0.140. The van der Waals surface area contributed by atoms with Crippen LogP contribution >= 0.6 is 0 Å². The first-order valence-electron chi connectivity index (χ1n) is 14.3. The molecule has 8 nitrogen and oxygen atoms in total. The number of benzene rings is 2. The Hall–Kier alpha value is -4.69. The number of pyridine rings is 1. The smallest absolute Gasteiger partial charge is 0.367 e. The average molecular weight is 651 g/mol. The van der Waals surface area contributed by atoms with Crippen LogP contribution in [0.3, 0.4) is 0 Å². The number of aromatic nitrogens is 1. The second kappa shape index (κ2) is 12.6. The number of nitrogens with zero attached hydrogens (tertiary/aromatic N) is 4. The summed E-state index contributed by atoms with van der Waals surface area (Å²) in [5.41, 5.74) is -2.59. The summed E-state index contributed by atoms with van der Waals surface area (Å²) in [5.74, 6) is -2.83. The molecule has 2 N–H and O–H groups in total. The first-order chi connectivity index (χ1) is 21.7. The SMILES string of the molecule is N=C1N[C@](CCCC(F)(F)F)(c2ccc(F)cc2)C(=O)N1Cc1ccc(C(F)(F)F)c(C(=O)N2CCN(c3cccnc3)CC2)c1. The fourth-order valence-electron chi connectivity index (χ4n) is 5.78. The number of rotatable bonds is 8. The molecule has 2 saturated heterocycles. The van der Waals surface area contributed by atoms with Gasteiger partial charge in [0.05, 0.1) is 29.6 Å². The lowest BCUT2D eigenvalue weighted by atomic mass is 9.84. The van der Waals surface area contributed by atoms with Gasteiger partial charge >= 0.3 is 12.4 Å². The van der Waals surface area contributed by atoms with E-state index in [9.17, 15) is 40.3 Å². The Balaban J connectivity index is 1.39. The van der Waals surface area contributed by atoms with E-state index < -0.39 is 78.4 Å². The first-order valence-corrected chi connectivity index (χ1v) is 14.3. The van der Waals surface area contributed by atoms with Crippen molar-refractivity contribution in [1.29, 1.82) is 5.41 Å². The molecule has 2 aliphatic rings. The molecule has 2 aromatic carbocycles. The Morgan fingerprint density at radius 3 is 2.28 bits per heavy atom. The first kappa shape index (κ1) is 32.7. The summed E-state index contributed by atoms with van der Waals surface area (Å²) >= 11 is 0. The summed E-state index contributed by atoms with van der Waals surface area (Å²) in [6.07, 6.45) is -8.21. The Kier molecular flexibility index (Phi) is 8.96. The molecular weight excluding hydrogens is 621 g/mol. The third-order valence-electron chi connectivity index (χ3n) is 8.10. The summed E-state index contributed by atoms with van der Waals surface area (Å²) < 4.78 is 94.7. The van der Waals surface area contributed by atoms with E-state index in [-0.39, 0.29) is 24.2 Å². The molecule has 3 heterocycles. The van der Waals surface area contributed by atoms with Gasteiger partial charge in [-0.15, -0.1) is 0 Å². The van der Waals surface area contributed by atoms with E-state index in [0.717, 1.165) is 40.9 Å². The van der Waals surface area contributed by atoms with Crippen LogP contribution in [0.2, 0.25) is 0 Å². The number of anilines is 1. The molecule has 2 aliphatic heterocycles. The van der Waals surface area contributed by atoms with Crippen LogP contribution in [0.5, 0.6) is 0 Å². The zero-order valence-corrected chi connectivity index (χ0v) is 24.3. The zero-order valence-electron chi connectivity index (χ0n) is 24.3. The van der Waals surface area contributed by atoms with Gasteiger partial charge in [0.25, 0.3) is 11.8 Å². The number of amides is 2. The summed E-state index contributed by atoms with van der Waals surface area (Å²) in [7, 11) is 0. The van der Waals surface area contributed by atoms with Crippen molar-refractivity contribution in [3.63, 3.8) is 0 Å². The highest BCUT2D eigenvalue weighted by Crippen LogP contribution is 2.38. The highest BCUT2D eigenvalue weighted by molar-refractivity contribution is 6.08. The van der Waals surface area contributed by atoms with Gasteiger partial charge in [-0.1, -0.05) is 18.2 Å². The second-order valence-corrected chi connectivity index (χ2v) is 11.1. The van der Waals surface area contributed by atoms with Crippen molar-refractivity contribution in [2.24, 2.45) is 0 Å². The molecule has 1 atom stereocenters. The molecule has 0 radical (unpaired) electrons. The number of carbonyl (C=O) groups excluding carboxylic acids is 2. The number of alkyl halides is 6. The van der Waals surface area contributed by atoms with Crippen LogP contribution in [0.4, 0.5) is 36.4 Å². The average Bonchev–Trinajstić information content (AvgIpc) is 3.25. The molecule has 0 saturated carbocycles. The Morgan fingerprint density at radius 2 is 1.67 bits per heavy atom. The molecule has 0 unspecified atom stereocenters. The number of halogens is 7. The summed E-state index contributed by atoms with van der Waals surface area (Å²) in [4.78, 5) is 35.5. The monoisotopic (exact) mass is 650 g/mol. The topological polar surface area (TPSA) is 92.6 Å². The van der Waals surface area contributed by atoms with Gasteiger partial charge < -0.3 is 15.1 Å². The molecule has 0 aliphatic carbocycles. The molecule has 2 amide bonds. The van der Waals surface area contributed by atoms with Gasteiger partial charge in [-0.3, -0.25) is 24.9 Å². The van der Waals surface area contributed by atoms with Crippen LogP contribution in [-0.4, -0.2) is 64.9 Å². The van der Waals surface area contributed by atoms with Crippen molar-refractivity contribution in [3.05, 3.63) is 95.1 Å². The largest absolute Gasteiger partial charge is 0.417 e. The van der Waals surface area contributed by atoms with Gasteiger partial charge in [0.2, 0.25) is 0 Å². The van der Waals surface area contributed by atoms with Gasteiger partial charge in [-0.05, 0) is 60.4 Å². The van der Waals surface area contributed by atoms with Crippen LogP contribution in [0, 0.1) is 11.2 Å². The van der Waals surface area contributed by atoms with Crippen molar-refractivity contribution >= 4 is 23.5 Å². The summed E-state index contributed by atoms with van der Waals surface area (Å²) in [5, 5.41) is 11.1. The predicted octanol–water partition coefficient (Wildman–Crippen LogP) is 5.70. The molecule has 0 bridgehead atoms. The van der Waals surface area contributed by atoms with E-state index in [1.807, 2.05) is 11.0 Å². The Bertz CT molecular complexity index is 1590. The maximum absolute atomic E-state index is 14.0. The molecule has 2 fully saturated rings. The minimum Gasteiger partial charge on any atom is -0.367 e. The molecule has 5 rings (SSSR count). The van der Waals surface area contributed by atoms with Gasteiger partial charge in [-0.2, -0.15) is 26.3 Å². The molecule has 46 heavy (non-hydrogen) atoms. The lowest BCUT2D eigenvalue weighted by Crippen LogP contribution is -2.49. The maximum Gasteiger partial charge on any atom is 0.417 e. The molecule has 15 heteroatoms. The number of carbonyl (C=O) groups is 2. The van der Waals surface area contributed by atoms with E-state index >= 15 is 0 Å². The number of piperazine rings is 1. The normalized spacial score (nSPS) is 19.1. The third-order valence-corrected chi connectivity index (χ3v) is 8.10. The molecular formula is C31H29F7N6O2. The maximum atomic E-state index is 14.0. The van der Waals surface area contributed by atoms with Crippen molar-refractivity contribution in [2.45, 2.75) is 43.7 Å². The van der Waals surface area contributed by atoms with Gasteiger partial charge in [-0.25, -0.2) is 4.39 Å². The number of hydrogen-bond acceptors (Lipinski definition) is 5. The van der Waals surface area contributed by atoms with E-state index in [1.165, 1.54) is 17.0 Å². The van der Waals surface area contributed by atoms with Crippen molar-refractivity contribution in [1.82, 2.24) is 20.1 Å². The van der Waals surface area contributed by atoms with E-state index in [1.54, 1.807) is 18.5 Å². The molecule has 0 spiro atoms. The standard InChI is InChI=1S/C31H29F7N6O2/c32-22-7-5-21(6-8-22)29(10-2-11-30(33,34)35)27(46)44(28(39)41-29)19-20-4-9-25(31(36,37)38)24(17-20)26(45)43-15-13-42(14-16-43)23-3-1-12-40-18-23/h1,3-9,12,17-18H,2,10-11,13-16,19H2,(H2,39,41)/t29-/m1/s1. The van der Waals surface area contributed by atoms with Crippen molar-refractivity contribution in [3.8, 4) is 0 Å². The van der Waals surface area contributed by atoms with Gasteiger partial charge in [0, 0.05) is 38.8 Å². The fourth-order valence-corrected chi connectivity index (χ4v) is 5.78. The van der Waals surface area contributed by atoms with Crippen LogP contribution in [0.15, 0.2) is 67.0 Å². The second-order valence-electron chi connectivity index (χ2n) is 11.1. The van der Waals surface area contributed by atoms with Crippen LogP contribution in [0.25, 0.3) is 0 Å². The van der Waals surface area contributed by atoms with Crippen LogP contribution in [0.1, 0.15) is 46.3 Å². The number of guanidine groups is 1. The highest BCUT2D eigenvalue weighted by Gasteiger charge is 2.51. The van der Waals surface area contributed by atoms with Crippen LogP contribution < -0.4 is 10.2 Å². The minimum absolute atomic E-state index is 0.0930. The summed E-state index contributed by atoms with van der Waals surface area (Å²) in [6, 6.07) is 11.0. The number of nitrogens with one attached hydrogen (secondary N) is 2. The van der Waals surface area contributed by atoms with E-state index in [4.69, 9.17) is 5.41 Å². The highest BCUT2D eigenvalue weighted by atomic mass is 19.4. The quantitative estimate of drug-likeness (QED) is 0.306.